The summed E-state index contributed by atoms with van der Waals surface area (Å²) in [5.74, 6) is 2.14. The summed E-state index contributed by atoms with van der Waals surface area (Å²) in [5.41, 5.74) is 2.02. The molecule has 3 aromatic rings. The van der Waals surface area contributed by atoms with Crippen molar-refractivity contribution in [1.29, 1.82) is 0 Å². The quantitative estimate of drug-likeness (QED) is 0.503. The lowest BCUT2D eigenvalue weighted by atomic mass is 9.84. The van der Waals surface area contributed by atoms with E-state index in [1.165, 1.54) is 12.8 Å². The number of fused-ring (bicyclic) bond motifs is 1. The molecule has 3 heterocycles. The molecule has 164 valence electrons. The first-order valence-electron chi connectivity index (χ1n) is 10.6. The molecule has 0 bridgehead atoms. The summed E-state index contributed by atoms with van der Waals surface area (Å²) in [5, 5.41) is 19.4. The SMILES string of the molecule is CC(C)(O)C1CN(Cc2cc(Cl)cnc2Oc2ccc3c(nnn3CC3CC3)c2Br)C1. The Morgan fingerprint density at radius 1 is 1.29 bits per heavy atom. The van der Waals surface area contributed by atoms with Gasteiger partial charge in [-0.3, -0.25) is 4.90 Å². The second-order valence-corrected chi connectivity index (χ2v) is 10.5. The molecule has 2 aliphatic rings. The number of likely N-dealkylation sites (tertiary alicyclic amines) is 1. The molecule has 1 aliphatic carbocycles. The Hall–Kier alpha value is -1.74. The minimum Gasteiger partial charge on any atom is -0.437 e. The number of ether oxygens (including phenoxy) is 1. The van der Waals surface area contributed by atoms with Crippen LogP contribution in [-0.4, -0.2) is 48.7 Å². The summed E-state index contributed by atoms with van der Waals surface area (Å²) >= 11 is 9.86. The van der Waals surface area contributed by atoms with Crippen molar-refractivity contribution in [3.8, 4) is 11.6 Å². The molecule has 1 N–H and O–H groups in total. The summed E-state index contributed by atoms with van der Waals surface area (Å²) in [7, 11) is 0. The summed E-state index contributed by atoms with van der Waals surface area (Å²) in [4.78, 5) is 6.69. The van der Waals surface area contributed by atoms with Gasteiger partial charge < -0.3 is 9.84 Å². The van der Waals surface area contributed by atoms with Gasteiger partial charge in [-0.05, 0) is 66.7 Å². The highest BCUT2D eigenvalue weighted by molar-refractivity contribution is 9.10. The second kappa shape index (κ2) is 7.99. The zero-order valence-corrected chi connectivity index (χ0v) is 19.9. The van der Waals surface area contributed by atoms with Gasteiger partial charge in [0.25, 0.3) is 0 Å². The van der Waals surface area contributed by atoms with Crippen LogP contribution in [-0.2, 0) is 13.1 Å². The van der Waals surface area contributed by atoms with E-state index < -0.39 is 5.60 Å². The van der Waals surface area contributed by atoms with Crippen molar-refractivity contribution < 1.29 is 9.84 Å². The molecule has 1 aromatic carbocycles. The molecule has 2 aromatic heterocycles. The molecule has 0 radical (unpaired) electrons. The minimum atomic E-state index is -0.667. The smallest absolute Gasteiger partial charge is 0.223 e. The van der Waals surface area contributed by atoms with E-state index >= 15 is 0 Å². The van der Waals surface area contributed by atoms with Crippen LogP contribution in [0.2, 0.25) is 5.02 Å². The summed E-state index contributed by atoms with van der Waals surface area (Å²) < 4.78 is 8.93. The lowest BCUT2D eigenvalue weighted by Crippen LogP contribution is -2.55. The lowest BCUT2D eigenvalue weighted by Gasteiger charge is -2.45. The van der Waals surface area contributed by atoms with Crippen LogP contribution in [0, 0.1) is 11.8 Å². The van der Waals surface area contributed by atoms with E-state index in [1.807, 2.05) is 36.7 Å². The number of aromatic nitrogens is 4. The van der Waals surface area contributed by atoms with Crippen LogP contribution in [0.5, 0.6) is 11.6 Å². The maximum atomic E-state index is 10.2. The van der Waals surface area contributed by atoms with Crippen molar-refractivity contribution in [2.75, 3.05) is 13.1 Å². The van der Waals surface area contributed by atoms with Crippen LogP contribution < -0.4 is 4.74 Å². The average molecular weight is 507 g/mol. The first kappa shape index (κ1) is 21.1. The van der Waals surface area contributed by atoms with Gasteiger partial charge in [0.2, 0.25) is 5.88 Å². The van der Waals surface area contributed by atoms with E-state index in [9.17, 15) is 5.11 Å². The van der Waals surface area contributed by atoms with Gasteiger partial charge >= 0.3 is 0 Å². The van der Waals surface area contributed by atoms with Gasteiger partial charge in [-0.1, -0.05) is 16.8 Å². The number of pyridine rings is 1. The number of nitrogens with zero attached hydrogens (tertiary/aromatic N) is 5. The molecule has 1 aliphatic heterocycles. The summed E-state index contributed by atoms with van der Waals surface area (Å²) in [6.07, 6.45) is 4.12. The van der Waals surface area contributed by atoms with Gasteiger partial charge in [0, 0.05) is 43.9 Å². The number of hydrogen-bond donors (Lipinski definition) is 1. The molecular formula is C22H25BrClN5O2. The Morgan fingerprint density at radius 3 is 2.77 bits per heavy atom. The number of aliphatic hydroxyl groups is 1. The average Bonchev–Trinajstić information content (AvgIpc) is 3.39. The highest BCUT2D eigenvalue weighted by atomic mass is 79.9. The first-order valence-corrected chi connectivity index (χ1v) is 11.7. The van der Waals surface area contributed by atoms with Crippen molar-refractivity contribution in [1.82, 2.24) is 24.9 Å². The molecular weight excluding hydrogens is 482 g/mol. The Labute approximate surface area is 194 Å². The summed E-state index contributed by atoms with van der Waals surface area (Å²) in [6, 6.07) is 5.81. The highest BCUT2D eigenvalue weighted by Gasteiger charge is 2.37. The van der Waals surface area contributed by atoms with Gasteiger partial charge in [-0.2, -0.15) is 0 Å². The van der Waals surface area contributed by atoms with Crippen LogP contribution in [0.25, 0.3) is 11.0 Å². The zero-order valence-electron chi connectivity index (χ0n) is 17.6. The van der Waals surface area contributed by atoms with Crippen molar-refractivity contribution in [3.63, 3.8) is 0 Å². The van der Waals surface area contributed by atoms with Crippen LogP contribution in [0.1, 0.15) is 32.3 Å². The third-order valence-corrected chi connectivity index (χ3v) is 7.14. The molecule has 0 spiro atoms. The molecule has 2 fully saturated rings. The molecule has 0 amide bonds. The van der Waals surface area contributed by atoms with E-state index in [1.54, 1.807) is 6.20 Å². The van der Waals surface area contributed by atoms with Crippen LogP contribution in [0.3, 0.4) is 0 Å². The molecule has 0 unspecified atom stereocenters. The fraction of sp³-hybridized carbons (Fsp3) is 0.500. The predicted octanol–water partition coefficient (Wildman–Crippen LogP) is 4.65. The van der Waals surface area contributed by atoms with Gasteiger partial charge in [0.1, 0.15) is 11.3 Å². The Morgan fingerprint density at radius 2 is 2.06 bits per heavy atom. The monoisotopic (exact) mass is 505 g/mol. The molecule has 5 rings (SSSR count). The fourth-order valence-electron chi connectivity index (χ4n) is 3.91. The maximum Gasteiger partial charge on any atom is 0.223 e. The normalized spacial score (nSPS) is 17.8. The standard InChI is InChI=1S/C22H25BrClN5O2/c1-22(2,30)15-11-28(12-15)10-14-7-16(24)8-25-21(14)31-18-6-5-17-20(19(18)23)26-27-29(17)9-13-3-4-13/h5-8,13,15,30H,3-4,9-12H2,1-2H3. The Balaban J connectivity index is 1.36. The van der Waals surface area contributed by atoms with Crippen molar-refractivity contribution in [2.45, 2.75) is 45.4 Å². The summed E-state index contributed by atoms with van der Waals surface area (Å²) in [6.45, 7) is 6.95. The predicted molar refractivity (Wildman–Crippen MR) is 122 cm³/mol. The topological polar surface area (TPSA) is 76.3 Å². The molecule has 7 nitrogen and oxygen atoms in total. The van der Waals surface area contributed by atoms with E-state index in [2.05, 4.69) is 36.1 Å². The lowest BCUT2D eigenvalue weighted by molar-refractivity contribution is -0.0649. The third kappa shape index (κ3) is 4.44. The van der Waals surface area contributed by atoms with Gasteiger partial charge in [-0.25, -0.2) is 9.67 Å². The number of rotatable bonds is 7. The van der Waals surface area contributed by atoms with Crippen LogP contribution in [0.4, 0.5) is 0 Å². The molecule has 31 heavy (non-hydrogen) atoms. The Kier molecular flexibility index (Phi) is 5.45. The van der Waals surface area contributed by atoms with Crippen LogP contribution >= 0.6 is 27.5 Å². The molecule has 0 atom stereocenters. The largest absolute Gasteiger partial charge is 0.437 e. The maximum absolute atomic E-state index is 10.2. The molecule has 1 saturated carbocycles. The molecule has 1 saturated heterocycles. The van der Waals surface area contributed by atoms with Gasteiger partial charge in [0.05, 0.1) is 20.6 Å². The zero-order chi connectivity index (χ0) is 21.8. The van der Waals surface area contributed by atoms with Crippen LogP contribution in [0.15, 0.2) is 28.9 Å². The van der Waals surface area contributed by atoms with Gasteiger partial charge in [-0.15, -0.1) is 5.10 Å². The minimum absolute atomic E-state index is 0.263. The fourth-order valence-corrected chi connectivity index (χ4v) is 4.59. The number of hydrogen-bond acceptors (Lipinski definition) is 6. The number of benzene rings is 1. The second-order valence-electron chi connectivity index (χ2n) is 9.22. The first-order chi connectivity index (χ1) is 14.8. The van der Waals surface area contributed by atoms with E-state index in [0.717, 1.165) is 46.6 Å². The van der Waals surface area contributed by atoms with Gasteiger partial charge in [0.15, 0.2) is 0 Å². The van der Waals surface area contributed by atoms with E-state index in [0.29, 0.717) is 23.2 Å². The van der Waals surface area contributed by atoms with Crippen molar-refractivity contribution in [3.05, 3.63) is 39.5 Å². The highest BCUT2D eigenvalue weighted by Crippen LogP contribution is 2.38. The number of halogens is 2. The van der Waals surface area contributed by atoms with Crippen molar-refractivity contribution >= 4 is 38.6 Å². The Bertz CT molecular complexity index is 1120. The van der Waals surface area contributed by atoms with E-state index in [-0.39, 0.29) is 5.92 Å². The third-order valence-electron chi connectivity index (χ3n) is 6.17. The van der Waals surface area contributed by atoms with Crippen molar-refractivity contribution in [2.24, 2.45) is 11.8 Å². The van der Waals surface area contributed by atoms with E-state index in [4.69, 9.17) is 16.3 Å². The molecule has 9 heteroatoms.